The molecule has 4 aliphatic rings. The predicted molar refractivity (Wildman–Crippen MR) is 226 cm³/mol. The highest BCUT2D eigenvalue weighted by Crippen LogP contribution is 2.60. The van der Waals surface area contributed by atoms with E-state index in [1.165, 1.54) is 35.4 Å². The van der Waals surface area contributed by atoms with Crippen molar-refractivity contribution in [3.05, 3.63) is 192 Å². The second kappa shape index (κ2) is 12.3. The minimum atomic E-state index is -2.80. The Labute approximate surface area is 329 Å². The van der Waals surface area contributed by atoms with Gasteiger partial charge in [-0.2, -0.15) is 0 Å². The second-order valence-corrected chi connectivity index (χ2v) is 19.8. The minimum Gasteiger partial charge on any atom is -0.457 e. The molecule has 2 atom stereocenters. The Morgan fingerprint density at radius 1 is 0.600 bits per heavy atom. The molecule has 1 aromatic heterocycles. The van der Waals surface area contributed by atoms with Crippen LogP contribution in [0, 0.1) is 0 Å². The normalized spacial score (nSPS) is 19.6. The van der Waals surface area contributed by atoms with Crippen LogP contribution in [-0.4, -0.2) is 19.8 Å². The molecule has 4 aliphatic heterocycles. The van der Waals surface area contributed by atoms with E-state index in [1.807, 2.05) is 43.1 Å². The number of para-hydroxylation sites is 2. The lowest BCUT2D eigenvalue weighted by molar-refractivity contribution is 0.365. The first-order chi connectivity index (χ1) is 27.2. The van der Waals surface area contributed by atoms with Gasteiger partial charge >= 0.3 is 0 Å². The van der Waals surface area contributed by atoms with E-state index in [0.29, 0.717) is 5.88 Å². The van der Waals surface area contributed by atoms with Crippen LogP contribution in [0.3, 0.4) is 0 Å². The Balaban J connectivity index is 1.20. The highest BCUT2D eigenvalue weighted by atomic mass is 32.2. The van der Waals surface area contributed by atoms with Gasteiger partial charge in [0.2, 0.25) is 5.88 Å². The summed E-state index contributed by atoms with van der Waals surface area (Å²) in [6.07, 6.45) is 6.10. The molecular weight excluding hydrogens is 729 g/mol. The first-order valence-electron chi connectivity index (χ1n) is 18.3. The van der Waals surface area contributed by atoms with Gasteiger partial charge in [-0.15, -0.1) is 0 Å². The van der Waals surface area contributed by atoms with Gasteiger partial charge in [-0.3, -0.25) is 0 Å². The molecule has 7 aromatic rings. The van der Waals surface area contributed by atoms with Crippen molar-refractivity contribution in [1.82, 2.24) is 4.98 Å². The third-order valence-electron chi connectivity index (χ3n) is 11.4. The van der Waals surface area contributed by atoms with E-state index < -0.39 is 13.5 Å². The second-order valence-electron chi connectivity index (χ2n) is 14.0. The third-order valence-corrected chi connectivity index (χ3v) is 19.3. The van der Waals surface area contributed by atoms with Crippen LogP contribution in [0.5, 0.6) is 17.2 Å². The molecule has 2 unspecified atom stereocenters. The fourth-order valence-electron chi connectivity index (χ4n) is 9.28. The Hall–Kier alpha value is -5.86. The molecule has 6 aromatic carbocycles. The monoisotopic (exact) mass is 760 g/mol. The summed E-state index contributed by atoms with van der Waals surface area (Å²) in [6, 6.07) is 52.9. The van der Waals surface area contributed by atoms with Crippen LogP contribution in [0.25, 0.3) is 11.1 Å². The molecule has 4 nitrogen and oxygen atoms in total. The van der Waals surface area contributed by atoms with E-state index >= 15 is 0 Å². The van der Waals surface area contributed by atoms with E-state index in [2.05, 4.69) is 151 Å². The zero-order valence-corrected chi connectivity index (χ0v) is 32.5. The number of benzene rings is 6. The highest BCUT2D eigenvalue weighted by Gasteiger charge is 2.53. The van der Waals surface area contributed by atoms with Crippen molar-refractivity contribution in [2.24, 2.45) is 4.99 Å². The van der Waals surface area contributed by atoms with Crippen LogP contribution in [0.2, 0.25) is 0 Å². The predicted octanol–water partition coefficient (Wildman–Crippen LogP) is 9.38. The quantitative estimate of drug-likeness (QED) is 0.133. The van der Waals surface area contributed by atoms with Crippen LogP contribution in [-0.2, 0) is 5.41 Å². The van der Waals surface area contributed by atoms with E-state index in [-0.39, 0.29) is 0 Å². The number of pyridine rings is 1. The Morgan fingerprint density at radius 3 is 1.95 bits per heavy atom. The Bertz CT molecular complexity index is 2740. The fraction of sp³-hybridized carbons (Fsp3) is 0.0417. The molecule has 0 fully saturated rings. The van der Waals surface area contributed by atoms with Gasteiger partial charge in [0.15, 0.2) is 8.07 Å². The molecule has 262 valence electrons. The maximum atomic E-state index is 6.76. The number of aromatic nitrogens is 1. The number of rotatable bonds is 3. The van der Waals surface area contributed by atoms with Gasteiger partial charge < -0.3 is 9.47 Å². The molecule has 2 spiro atoms. The molecule has 0 radical (unpaired) electrons. The third kappa shape index (κ3) is 4.43. The summed E-state index contributed by atoms with van der Waals surface area (Å²) >= 11 is 3.67. The van der Waals surface area contributed by atoms with Crippen molar-refractivity contribution in [2.45, 2.75) is 32.1 Å². The fourth-order valence-corrected chi connectivity index (χ4v) is 18.3. The van der Waals surface area contributed by atoms with E-state index in [9.17, 15) is 0 Å². The number of hydrogen-bond donors (Lipinski definition) is 0. The number of nitrogens with zero attached hydrogens (tertiary/aromatic N) is 2. The van der Waals surface area contributed by atoms with Gasteiger partial charge in [0.05, 0.1) is 5.41 Å². The maximum absolute atomic E-state index is 6.76. The first kappa shape index (κ1) is 32.6. The van der Waals surface area contributed by atoms with Crippen molar-refractivity contribution in [2.75, 3.05) is 0 Å². The van der Waals surface area contributed by atoms with Crippen LogP contribution in [0.1, 0.15) is 23.6 Å². The molecule has 5 heterocycles. The lowest BCUT2D eigenvalue weighted by Crippen LogP contribution is -2.78. The van der Waals surface area contributed by atoms with Crippen LogP contribution >= 0.6 is 23.5 Å². The van der Waals surface area contributed by atoms with Gasteiger partial charge in [0, 0.05) is 43.1 Å². The number of hydrogen-bond acceptors (Lipinski definition) is 6. The molecule has 11 rings (SSSR count). The minimum absolute atomic E-state index is 0.489. The highest BCUT2D eigenvalue weighted by molar-refractivity contribution is 8.01. The lowest BCUT2D eigenvalue weighted by atomic mass is 9.62. The summed E-state index contributed by atoms with van der Waals surface area (Å²) in [4.78, 5) is 13.4. The van der Waals surface area contributed by atoms with E-state index in [0.717, 1.165) is 55.7 Å². The molecular formula is C48H32N2O2S2Si. The topological polar surface area (TPSA) is 43.7 Å². The molecule has 0 amide bonds. The van der Waals surface area contributed by atoms with Gasteiger partial charge in [-0.25, -0.2) is 9.98 Å². The number of fused-ring (bicyclic) bond motifs is 14. The SMILES string of the molecule is C=NC1=C(/C=C\C)C2(c3ccccc3O1)c1ccccc1Oc1ccc(-c3ccc4c(c3)[Si]3(c5ccccc5S4)c4ccccc4Sc4ncccc43)cc12. The summed E-state index contributed by atoms with van der Waals surface area (Å²) < 4.78 is 13.2. The molecule has 0 aliphatic carbocycles. The Morgan fingerprint density at radius 2 is 1.20 bits per heavy atom. The van der Waals surface area contributed by atoms with Crippen molar-refractivity contribution >= 4 is 59.1 Å². The number of ether oxygens (including phenoxy) is 2. The van der Waals surface area contributed by atoms with Gasteiger partial charge in [0.25, 0.3) is 0 Å². The number of allylic oxidation sites excluding steroid dienone is 3. The summed E-state index contributed by atoms with van der Waals surface area (Å²) in [5.41, 5.74) is 5.52. The molecule has 7 heteroatoms. The molecule has 0 saturated carbocycles. The van der Waals surface area contributed by atoms with Gasteiger partial charge in [0.1, 0.15) is 22.3 Å². The molecule has 0 bridgehead atoms. The van der Waals surface area contributed by atoms with Crippen molar-refractivity contribution in [1.29, 1.82) is 0 Å². The molecule has 0 N–H and O–H groups in total. The van der Waals surface area contributed by atoms with E-state index in [4.69, 9.17) is 14.5 Å². The summed E-state index contributed by atoms with van der Waals surface area (Å²) in [5, 5.41) is 6.69. The molecule has 0 saturated heterocycles. The van der Waals surface area contributed by atoms with Crippen molar-refractivity contribution in [3.8, 4) is 28.4 Å². The summed E-state index contributed by atoms with van der Waals surface area (Å²) in [5.74, 6) is 2.85. The van der Waals surface area contributed by atoms with Crippen LogP contribution in [0.4, 0.5) is 0 Å². The first-order valence-corrected chi connectivity index (χ1v) is 22.0. The maximum Gasteiger partial charge on any atom is 0.223 e. The molecule has 55 heavy (non-hydrogen) atoms. The van der Waals surface area contributed by atoms with Gasteiger partial charge in [-0.05, 0) is 94.0 Å². The van der Waals surface area contributed by atoms with Crippen LogP contribution < -0.4 is 30.2 Å². The summed E-state index contributed by atoms with van der Waals surface area (Å²) in [6.45, 7) is 6.00. The zero-order chi connectivity index (χ0) is 36.7. The largest absolute Gasteiger partial charge is 0.457 e. The lowest BCUT2D eigenvalue weighted by Gasteiger charge is -2.45. The average Bonchev–Trinajstić information content (AvgIpc) is 3.24. The standard InChI is InChI=1S/C48H32N2O2S2Si/c1-3-13-34-46(49-2)52-37-17-7-5-15-33(37)48(34)32-14-4-6-16-36(32)51-38-25-23-30(28-35(38)48)31-24-26-41-45(29-31)55(42-20-10-8-18-39(42)53-41)43-21-11-9-19-40(43)54-47-44(55)22-12-27-50-47/h3-29H,2H2,1H3/b13-3-. The average molecular weight is 761 g/mol. The van der Waals surface area contributed by atoms with Gasteiger partial charge in [-0.1, -0.05) is 133 Å². The summed E-state index contributed by atoms with van der Waals surface area (Å²) in [7, 11) is -2.80. The van der Waals surface area contributed by atoms with Crippen LogP contribution in [0.15, 0.2) is 200 Å². The zero-order valence-electron chi connectivity index (χ0n) is 29.8. The number of aliphatic imine (C=N–C) groups is 1. The van der Waals surface area contributed by atoms with Crippen molar-refractivity contribution < 1.29 is 9.47 Å². The van der Waals surface area contributed by atoms with E-state index in [1.54, 1.807) is 11.8 Å². The smallest absolute Gasteiger partial charge is 0.223 e. The van der Waals surface area contributed by atoms with Crippen molar-refractivity contribution in [3.63, 3.8) is 0 Å². The Kier molecular flexibility index (Phi) is 7.30.